The normalized spacial score (nSPS) is 28.3. The number of morpholine rings is 1. The van der Waals surface area contributed by atoms with Crippen LogP contribution in [0, 0.1) is 0 Å². The molecule has 1 aliphatic carbocycles. The fourth-order valence-corrected chi connectivity index (χ4v) is 1.63. The molecule has 0 saturated carbocycles. The van der Waals surface area contributed by atoms with E-state index in [0.717, 1.165) is 13.2 Å². The Balaban J connectivity index is 0.000000171. The second-order valence-corrected chi connectivity index (χ2v) is 4.43. The Morgan fingerprint density at radius 2 is 1.76 bits per heavy atom. The molecule has 0 bridgehead atoms. The number of carbonyl (C=O) groups excluding carboxylic acids is 2. The topological polar surface area (TPSA) is 55.4 Å². The molecule has 0 amide bonds. The van der Waals surface area contributed by atoms with E-state index in [1.54, 1.807) is 6.92 Å². The van der Waals surface area contributed by atoms with Gasteiger partial charge in [0.25, 0.3) is 0 Å². The second-order valence-electron chi connectivity index (χ2n) is 4.43. The molecule has 1 fully saturated rings. The van der Waals surface area contributed by atoms with Crippen LogP contribution in [0.1, 0.15) is 20.8 Å². The van der Waals surface area contributed by atoms with Gasteiger partial charge in [0.1, 0.15) is 0 Å². The van der Waals surface area contributed by atoms with Crippen LogP contribution >= 0.6 is 0 Å². The molecule has 1 N–H and O–H groups in total. The summed E-state index contributed by atoms with van der Waals surface area (Å²) in [5, 5.41) is 3.35. The van der Waals surface area contributed by atoms with Gasteiger partial charge in [0.2, 0.25) is 0 Å². The van der Waals surface area contributed by atoms with Crippen LogP contribution in [0.15, 0.2) is 23.8 Å². The van der Waals surface area contributed by atoms with Crippen LogP contribution in [-0.2, 0) is 14.3 Å². The lowest BCUT2D eigenvalue weighted by Crippen LogP contribution is -2.45. The first kappa shape index (κ1) is 13.8. The van der Waals surface area contributed by atoms with Gasteiger partial charge >= 0.3 is 0 Å². The van der Waals surface area contributed by atoms with E-state index in [-0.39, 0.29) is 11.6 Å². The summed E-state index contributed by atoms with van der Waals surface area (Å²) < 4.78 is 5.23. The molecule has 1 aliphatic heterocycles. The first-order valence-electron chi connectivity index (χ1n) is 5.77. The van der Waals surface area contributed by atoms with Crippen molar-refractivity contribution < 1.29 is 14.3 Å². The third-order valence-corrected chi connectivity index (χ3v) is 2.45. The van der Waals surface area contributed by atoms with Gasteiger partial charge in [-0.1, -0.05) is 0 Å². The lowest BCUT2D eigenvalue weighted by atomic mass is 10.1. The number of nitrogens with one attached hydrogen (secondary N) is 1. The Morgan fingerprint density at radius 3 is 2.12 bits per heavy atom. The standard InChI is InChI=1S/C7H6O2.C6H13NO/c1-5-4-6(8)2-3-7(5)9;1-5-3-8-4-6(2)7-5/h2-4H,1H3;5-7H,3-4H2,1-2H3. The van der Waals surface area contributed by atoms with Gasteiger partial charge in [0.15, 0.2) is 11.6 Å². The number of hydrogen-bond donors (Lipinski definition) is 1. The summed E-state index contributed by atoms with van der Waals surface area (Å²) in [6, 6.07) is 1.08. The first-order chi connectivity index (χ1) is 7.99. The summed E-state index contributed by atoms with van der Waals surface area (Å²) in [5.74, 6) is -0.179. The summed E-state index contributed by atoms with van der Waals surface area (Å²) in [6.07, 6.45) is 3.90. The van der Waals surface area contributed by atoms with E-state index in [0.29, 0.717) is 17.7 Å². The van der Waals surface area contributed by atoms with Gasteiger partial charge in [-0.3, -0.25) is 9.59 Å². The van der Waals surface area contributed by atoms with Crippen molar-refractivity contribution in [3.63, 3.8) is 0 Å². The van der Waals surface area contributed by atoms with Gasteiger partial charge < -0.3 is 10.1 Å². The molecule has 4 nitrogen and oxygen atoms in total. The Labute approximate surface area is 102 Å². The van der Waals surface area contributed by atoms with Gasteiger partial charge in [-0.05, 0) is 39.0 Å². The van der Waals surface area contributed by atoms with Crippen molar-refractivity contribution in [2.45, 2.75) is 32.9 Å². The third kappa shape index (κ3) is 5.06. The summed E-state index contributed by atoms with van der Waals surface area (Å²) in [7, 11) is 0. The summed E-state index contributed by atoms with van der Waals surface area (Å²) in [5.41, 5.74) is 0.516. The number of ether oxygens (including phenoxy) is 1. The fourth-order valence-electron chi connectivity index (χ4n) is 1.63. The molecule has 17 heavy (non-hydrogen) atoms. The minimum atomic E-state index is -0.105. The molecule has 0 aromatic rings. The molecule has 2 rings (SSSR count). The van der Waals surface area contributed by atoms with E-state index >= 15 is 0 Å². The lowest BCUT2D eigenvalue weighted by Gasteiger charge is -2.25. The van der Waals surface area contributed by atoms with Crippen LogP contribution in [0.2, 0.25) is 0 Å². The zero-order valence-electron chi connectivity index (χ0n) is 10.5. The molecular formula is C13H19NO3. The van der Waals surface area contributed by atoms with E-state index in [9.17, 15) is 9.59 Å². The minimum absolute atomic E-state index is 0.0744. The number of carbonyl (C=O) groups is 2. The Bertz CT molecular complexity index is 350. The van der Waals surface area contributed by atoms with E-state index in [1.165, 1.54) is 18.2 Å². The van der Waals surface area contributed by atoms with Crippen molar-refractivity contribution in [2.24, 2.45) is 0 Å². The fraction of sp³-hybridized carbons (Fsp3) is 0.538. The molecular weight excluding hydrogens is 218 g/mol. The Morgan fingerprint density at radius 1 is 1.18 bits per heavy atom. The maximum absolute atomic E-state index is 10.6. The number of ketones is 2. The van der Waals surface area contributed by atoms with Gasteiger partial charge in [-0.2, -0.15) is 0 Å². The molecule has 0 aromatic carbocycles. The van der Waals surface area contributed by atoms with E-state index in [4.69, 9.17) is 4.74 Å². The average molecular weight is 237 g/mol. The van der Waals surface area contributed by atoms with Crippen LogP contribution in [0.3, 0.4) is 0 Å². The highest BCUT2D eigenvalue weighted by atomic mass is 16.5. The van der Waals surface area contributed by atoms with Gasteiger partial charge in [-0.25, -0.2) is 0 Å². The Kier molecular flexibility index (Phi) is 5.25. The Hall–Kier alpha value is -1.26. The molecule has 0 aromatic heterocycles. The predicted octanol–water partition coefficient (Wildman–Crippen LogP) is 1.02. The maximum atomic E-state index is 10.6. The van der Waals surface area contributed by atoms with Crippen molar-refractivity contribution in [3.8, 4) is 0 Å². The summed E-state index contributed by atoms with van der Waals surface area (Å²) >= 11 is 0. The van der Waals surface area contributed by atoms with E-state index in [2.05, 4.69) is 19.2 Å². The third-order valence-electron chi connectivity index (χ3n) is 2.45. The van der Waals surface area contributed by atoms with Crippen LogP contribution in [0.25, 0.3) is 0 Å². The smallest absolute Gasteiger partial charge is 0.181 e. The summed E-state index contributed by atoms with van der Waals surface area (Å²) in [4.78, 5) is 21.1. The first-order valence-corrected chi connectivity index (χ1v) is 5.77. The van der Waals surface area contributed by atoms with Crippen molar-refractivity contribution in [1.29, 1.82) is 0 Å². The van der Waals surface area contributed by atoms with Gasteiger partial charge in [0.05, 0.1) is 13.2 Å². The average Bonchev–Trinajstić information content (AvgIpc) is 2.24. The SMILES string of the molecule is CC1=CC(=O)C=CC1=O.CC1COCC(C)N1. The quantitative estimate of drug-likeness (QED) is 0.639. The highest BCUT2D eigenvalue weighted by Crippen LogP contribution is 2.02. The molecule has 0 radical (unpaired) electrons. The van der Waals surface area contributed by atoms with Crippen LogP contribution in [0.4, 0.5) is 0 Å². The summed E-state index contributed by atoms with van der Waals surface area (Å²) in [6.45, 7) is 7.63. The monoisotopic (exact) mass is 237 g/mol. The minimum Gasteiger partial charge on any atom is -0.378 e. The van der Waals surface area contributed by atoms with Crippen molar-refractivity contribution in [2.75, 3.05) is 13.2 Å². The highest BCUT2D eigenvalue weighted by molar-refractivity contribution is 6.16. The van der Waals surface area contributed by atoms with Crippen molar-refractivity contribution in [1.82, 2.24) is 5.32 Å². The molecule has 2 unspecified atom stereocenters. The van der Waals surface area contributed by atoms with Crippen LogP contribution < -0.4 is 5.32 Å². The molecule has 2 atom stereocenters. The molecule has 4 heteroatoms. The van der Waals surface area contributed by atoms with Gasteiger partial charge in [-0.15, -0.1) is 0 Å². The molecule has 1 heterocycles. The van der Waals surface area contributed by atoms with Crippen LogP contribution in [-0.4, -0.2) is 36.9 Å². The van der Waals surface area contributed by atoms with Crippen LogP contribution in [0.5, 0.6) is 0 Å². The second kappa shape index (κ2) is 6.47. The van der Waals surface area contributed by atoms with E-state index in [1.807, 2.05) is 0 Å². The molecule has 1 saturated heterocycles. The zero-order chi connectivity index (χ0) is 12.8. The molecule has 2 aliphatic rings. The lowest BCUT2D eigenvalue weighted by molar-refractivity contribution is -0.114. The highest BCUT2D eigenvalue weighted by Gasteiger charge is 2.12. The zero-order valence-corrected chi connectivity index (χ0v) is 10.5. The predicted molar refractivity (Wildman–Crippen MR) is 65.8 cm³/mol. The van der Waals surface area contributed by atoms with Crippen molar-refractivity contribution in [3.05, 3.63) is 23.8 Å². The largest absolute Gasteiger partial charge is 0.378 e. The molecule has 0 spiro atoms. The van der Waals surface area contributed by atoms with Gasteiger partial charge in [0, 0.05) is 17.7 Å². The number of allylic oxidation sites excluding steroid dienone is 4. The van der Waals surface area contributed by atoms with Crippen molar-refractivity contribution >= 4 is 11.6 Å². The maximum Gasteiger partial charge on any atom is 0.181 e. The number of hydrogen-bond acceptors (Lipinski definition) is 4. The van der Waals surface area contributed by atoms with E-state index < -0.39 is 0 Å². The number of rotatable bonds is 0. The molecule has 94 valence electrons.